The van der Waals surface area contributed by atoms with Crippen molar-refractivity contribution in [3.63, 3.8) is 0 Å². The first-order valence-corrected chi connectivity index (χ1v) is 10.1. The molecule has 154 valence electrons. The summed E-state index contributed by atoms with van der Waals surface area (Å²) < 4.78 is 40.0. The fraction of sp³-hybridized carbons (Fsp3) is 0.727. The average Bonchev–Trinajstić information content (AvgIpc) is 2.95. The average molecular weight is 395 g/mol. The summed E-state index contributed by atoms with van der Waals surface area (Å²) in [6.45, 7) is 4.86. The molecule has 4 aliphatic carbocycles. The molecule has 5 nitrogen and oxygen atoms in total. The number of hydrogen-bond donors (Lipinski definition) is 3. The second-order valence-corrected chi connectivity index (χ2v) is 9.68. The van der Waals surface area contributed by atoms with Crippen LogP contribution in [0.25, 0.3) is 0 Å². The van der Waals surface area contributed by atoms with Gasteiger partial charge in [0.15, 0.2) is 17.2 Å². The van der Waals surface area contributed by atoms with Crippen LogP contribution in [0.5, 0.6) is 0 Å². The summed E-state index contributed by atoms with van der Waals surface area (Å²) in [5.74, 6) is -1.94. The van der Waals surface area contributed by atoms with Crippen LogP contribution >= 0.6 is 0 Å². The molecule has 0 spiro atoms. The van der Waals surface area contributed by atoms with E-state index in [0.717, 1.165) is 0 Å². The lowest BCUT2D eigenvalue weighted by atomic mass is 9.44. The fourth-order valence-corrected chi connectivity index (χ4v) is 7.20. The molecule has 0 heterocycles. The number of fused-ring (bicyclic) bond motifs is 5. The van der Waals surface area contributed by atoms with E-state index >= 15 is 4.39 Å². The normalized spacial score (nSPS) is 53.9. The maximum atomic E-state index is 17.3. The minimum absolute atomic E-state index is 0.00574. The van der Waals surface area contributed by atoms with Gasteiger partial charge in [0.1, 0.15) is 12.2 Å². The van der Waals surface area contributed by atoms with Gasteiger partial charge in [0, 0.05) is 16.7 Å². The molecule has 0 radical (unpaired) electrons. The van der Waals surface area contributed by atoms with E-state index in [9.17, 15) is 9.59 Å². The minimum Gasteiger partial charge on any atom is -0.390 e. The largest absolute Gasteiger partial charge is 0.390 e. The summed E-state index contributed by atoms with van der Waals surface area (Å²) in [5, 5.41) is 14.5. The van der Waals surface area contributed by atoms with Crippen LogP contribution in [0.3, 0.4) is 0 Å². The zero-order valence-electron chi connectivity index (χ0n) is 19.5. The van der Waals surface area contributed by atoms with E-state index in [-0.39, 0.29) is 18.1 Å². The highest BCUT2D eigenvalue weighted by Crippen LogP contribution is 2.70. The molecule has 0 aromatic carbocycles. The van der Waals surface area contributed by atoms with E-state index in [0.29, 0.717) is 24.8 Å². The second kappa shape index (κ2) is 5.83. The quantitative estimate of drug-likeness (QED) is 0.661. The lowest BCUT2D eigenvalue weighted by molar-refractivity contribution is -0.219. The first-order chi connectivity index (χ1) is 14.6. The number of aliphatic hydroxyl groups excluding tert-OH is 2. The summed E-state index contributed by atoms with van der Waals surface area (Å²) in [4.78, 5) is 25.1. The van der Waals surface area contributed by atoms with E-state index in [2.05, 4.69) is 5.11 Å². The molecule has 0 saturated heterocycles. The summed E-state index contributed by atoms with van der Waals surface area (Å²) in [5.41, 5.74) is -4.89. The molecule has 8 atom stereocenters. The van der Waals surface area contributed by atoms with Crippen molar-refractivity contribution in [3.8, 4) is 0 Å². The van der Waals surface area contributed by atoms with Crippen molar-refractivity contribution in [1.82, 2.24) is 0 Å². The Hall–Kier alpha value is -1.37. The molecule has 3 N–H and O–H groups in total. The number of alkyl halides is 1. The number of allylic oxidation sites excluding steroid dienone is 4. The molecule has 0 bridgehead atoms. The second-order valence-electron chi connectivity index (χ2n) is 9.68. The van der Waals surface area contributed by atoms with Gasteiger partial charge >= 0.3 is 0 Å². The lowest BCUT2D eigenvalue weighted by Crippen LogP contribution is -2.69. The van der Waals surface area contributed by atoms with Crippen LogP contribution in [0.4, 0.5) is 4.39 Å². The Labute approximate surface area is 168 Å². The van der Waals surface area contributed by atoms with Gasteiger partial charge in [0.25, 0.3) is 0 Å². The van der Waals surface area contributed by atoms with Crippen LogP contribution in [0.15, 0.2) is 23.8 Å². The van der Waals surface area contributed by atoms with Crippen molar-refractivity contribution >= 4 is 11.6 Å². The molecule has 4 aliphatic rings. The smallest absolute Gasteiger partial charge is 0.212 e. The number of rotatable bonds is 5. The Morgan fingerprint density at radius 3 is 2.86 bits per heavy atom. The third-order valence-corrected chi connectivity index (χ3v) is 8.70. The summed E-state index contributed by atoms with van der Waals surface area (Å²) >= 11 is 0. The Bertz CT molecular complexity index is 864. The van der Waals surface area contributed by atoms with Gasteiger partial charge in [-0.25, -0.2) is 4.39 Å². The van der Waals surface area contributed by atoms with Crippen molar-refractivity contribution in [2.45, 2.75) is 63.8 Å². The minimum atomic E-state index is -1.95. The summed E-state index contributed by atoms with van der Waals surface area (Å²) in [7, 11) is 0. The van der Waals surface area contributed by atoms with Gasteiger partial charge in [-0.2, -0.15) is 0 Å². The number of halogens is 1. The highest BCUT2D eigenvalue weighted by Gasteiger charge is 2.75. The monoisotopic (exact) mass is 395 g/mol. The number of ketones is 2. The highest BCUT2D eigenvalue weighted by atomic mass is 19.1. The van der Waals surface area contributed by atoms with Crippen molar-refractivity contribution in [1.29, 1.82) is 4.29 Å². The molecule has 0 aromatic rings. The first-order valence-electron chi connectivity index (χ1n) is 11.3. The van der Waals surface area contributed by atoms with E-state index in [1.54, 1.807) is 13.0 Å². The van der Waals surface area contributed by atoms with Crippen LogP contribution in [-0.4, -0.2) is 55.2 Å². The van der Waals surface area contributed by atoms with Gasteiger partial charge in [-0.05, 0) is 56.6 Å². The Balaban J connectivity index is 1.86. The van der Waals surface area contributed by atoms with Crippen molar-refractivity contribution in [2.75, 3.05) is 6.61 Å². The zero-order chi connectivity index (χ0) is 22.8. The molecule has 6 heteroatoms. The molecule has 3 saturated carbocycles. The summed E-state index contributed by atoms with van der Waals surface area (Å²) in [6.07, 6.45) is 4.76. The molecule has 0 unspecified atom stereocenters. The SMILES string of the molecule is [2H]OCC(=O)[C@@]1(O[2H])[C@H](C)C[C@H]2[C@@H]3CCC4=CC(=O)C=C[C@]4(C)[C@@]3(F)[C@@H](O[2H])C[C@@]21C. The Kier molecular flexibility index (Phi) is 3.42. The predicted octanol–water partition coefficient (Wildman–Crippen LogP) is 1.90. The molecular formula is C22H29FO5. The van der Waals surface area contributed by atoms with Gasteiger partial charge in [0.2, 0.25) is 4.29 Å². The van der Waals surface area contributed by atoms with Crippen LogP contribution in [-0.2, 0) is 9.59 Å². The van der Waals surface area contributed by atoms with Crippen LogP contribution in [0, 0.1) is 28.6 Å². The van der Waals surface area contributed by atoms with Gasteiger partial charge in [0.05, 0.1) is 6.10 Å². The van der Waals surface area contributed by atoms with Crippen molar-refractivity contribution in [2.24, 2.45) is 28.6 Å². The lowest BCUT2D eigenvalue weighted by Gasteiger charge is -2.62. The topological polar surface area (TPSA) is 94.8 Å². The molecule has 0 aromatic heterocycles. The molecule has 28 heavy (non-hydrogen) atoms. The van der Waals surface area contributed by atoms with Gasteiger partial charge < -0.3 is 15.3 Å². The third-order valence-electron chi connectivity index (χ3n) is 8.70. The molecule has 3 fully saturated rings. The van der Waals surface area contributed by atoms with E-state index in [1.807, 2.05) is 13.8 Å². The predicted molar refractivity (Wildman–Crippen MR) is 99.9 cm³/mol. The maximum absolute atomic E-state index is 17.3. The van der Waals surface area contributed by atoms with Crippen LogP contribution < -0.4 is 0 Å². The highest BCUT2D eigenvalue weighted by molar-refractivity contribution is 6.01. The standard InChI is InChI=1S/C22H29FO5/c1-12-8-16-15-5-4-13-9-14(25)6-7-19(13,2)21(15,23)17(26)10-20(16,3)22(12,28)18(27)11-24/h6-7,9,12,15-17,24,26,28H,4-5,8,10-11H2,1-3H3/t12-,15+,16+,17+,19+,20+,21+,22+/m1/s1/i24D,26D,28D. The van der Waals surface area contributed by atoms with Crippen molar-refractivity contribution in [3.05, 3.63) is 23.8 Å². The fourth-order valence-electron chi connectivity index (χ4n) is 7.20. The third kappa shape index (κ3) is 2.01. The van der Waals surface area contributed by atoms with E-state index in [4.69, 9.17) is 14.5 Å². The number of Topliss-reactive ketones (excluding diaryl/α,β-unsaturated/α-hetero) is 1. The van der Waals surface area contributed by atoms with Gasteiger partial charge in [-0.15, -0.1) is 0 Å². The van der Waals surface area contributed by atoms with Crippen LogP contribution in [0.2, 0.25) is 0 Å². The molecular weight excluding hydrogens is 363 g/mol. The van der Waals surface area contributed by atoms with E-state index < -0.39 is 52.4 Å². The van der Waals surface area contributed by atoms with Gasteiger partial charge in [-0.3, -0.25) is 9.59 Å². The van der Waals surface area contributed by atoms with E-state index in [1.165, 1.54) is 12.2 Å². The Morgan fingerprint density at radius 2 is 2.18 bits per heavy atom. The zero-order valence-corrected chi connectivity index (χ0v) is 16.5. The van der Waals surface area contributed by atoms with Crippen LogP contribution in [0.1, 0.15) is 46.5 Å². The number of carbonyl (C=O) groups is 2. The number of carbonyl (C=O) groups excluding carboxylic acids is 2. The molecule has 4 rings (SSSR count). The summed E-state index contributed by atoms with van der Waals surface area (Å²) in [6, 6.07) is 0. The molecule has 0 aliphatic heterocycles. The van der Waals surface area contributed by atoms with Gasteiger partial charge in [-0.1, -0.05) is 25.5 Å². The molecule has 0 amide bonds. The van der Waals surface area contributed by atoms with Crippen molar-refractivity contribution < 1.29 is 29.3 Å². The Morgan fingerprint density at radius 1 is 1.39 bits per heavy atom. The number of aliphatic hydroxyl groups is 3. The first kappa shape index (κ1) is 16.4. The number of hydrogen-bond acceptors (Lipinski definition) is 5. The maximum Gasteiger partial charge on any atom is 0.212 e.